The van der Waals surface area contributed by atoms with E-state index in [9.17, 15) is 4.79 Å². The Balaban J connectivity index is 2.20. The van der Waals surface area contributed by atoms with E-state index in [4.69, 9.17) is 4.74 Å². The summed E-state index contributed by atoms with van der Waals surface area (Å²) in [6.07, 6.45) is 2.21. The quantitative estimate of drug-likeness (QED) is 0.685. The Morgan fingerprint density at radius 3 is 2.71 bits per heavy atom. The molecule has 1 aliphatic carbocycles. The summed E-state index contributed by atoms with van der Waals surface area (Å²) in [5.41, 5.74) is 6.40. The topological polar surface area (TPSA) is 26.3 Å². The molecule has 1 aromatic rings. The summed E-state index contributed by atoms with van der Waals surface area (Å²) < 4.78 is 5.33. The fourth-order valence-electron chi connectivity index (χ4n) is 3.29. The monoisotopic (exact) mass is 230 g/mol. The molecule has 0 radical (unpaired) electrons. The maximum absolute atomic E-state index is 11.9. The van der Waals surface area contributed by atoms with Crippen molar-refractivity contribution in [2.75, 3.05) is 6.61 Å². The Kier molecular flexibility index (Phi) is 2.21. The summed E-state index contributed by atoms with van der Waals surface area (Å²) in [5, 5.41) is 0. The van der Waals surface area contributed by atoms with Gasteiger partial charge in [-0.15, -0.1) is 0 Å². The van der Waals surface area contributed by atoms with E-state index in [1.54, 1.807) is 0 Å². The van der Waals surface area contributed by atoms with Crippen molar-refractivity contribution in [3.05, 3.63) is 33.9 Å². The molecule has 90 valence electrons. The number of carbonyl (C=O) groups excluding carboxylic acids is 1. The lowest BCUT2D eigenvalue weighted by Gasteiger charge is -2.20. The summed E-state index contributed by atoms with van der Waals surface area (Å²) in [6, 6.07) is 2.20. The minimum Gasteiger partial charge on any atom is -0.369 e. The Labute approximate surface area is 102 Å². The van der Waals surface area contributed by atoms with Crippen molar-refractivity contribution in [3.8, 4) is 0 Å². The Morgan fingerprint density at radius 2 is 1.94 bits per heavy atom. The van der Waals surface area contributed by atoms with Crippen molar-refractivity contribution >= 4 is 5.78 Å². The second-order valence-electron chi connectivity index (χ2n) is 6.11. The maximum atomic E-state index is 11.9. The van der Waals surface area contributed by atoms with Gasteiger partial charge < -0.3 is 4.74 Å². The van der Waals surface area contributed by atoms with Crippen LogP contribution in [0.1, 0.15) is 46.5 Å². The molecular weight excluding hydrogens is 212 g/mol. The predicted octanol–water partition coefficient (Wildman–Crippen LogP) is 2.83. The number of hydrogen-bond acceptors (Lipinski definition) is 2. The van der Waals surface area contributed by atoms with Gasteiger partial charge in [-0.3, -0.25) is 4.79 Å². The number of hydrogen-bond donors (Lipinski definition) is 0. The average Bonchev–Trinajstić information content (AvgIpc) is 2.53. The molecule has 0 N–H and O–H groups in total. The van der Waals surface area contributed by atoms with E-state index >= 15 is 0 Å². The predicted molar refractivity (Wildman–Crippen MR) is 66.4 cm³/mol. The van der Waals surface area contributed by atoms with Crippen LogP contribution in [0.4, 0.5) is 0 Å². The molecule has 0 amide bonds. The molecule has 3 rings (SSSR count). The van der Waals surface area contributed by atoms with Crippen LogP contribution in [0.25, 0.3) is 0 Å². The smallest absolute Gasteiger partial charge is 0.189 e. The third kappa shape index (κ3) is 1.62. The highest BCUT2D eigenvalue weighted by Gasteiger charge is 2.33. The molecule has 0 atom stereocenters. The third-order valence-electron chi connectivity index (χ3n) is 3.98. The summed E-state index contributed by atoms with van der Waals surface area (Å²) >= 11 is 0. The van der Waals surface area contributed by atoms with E-state index in [2.05, 4.69) is 26.8 Å². The van der Waals surface area contributed by atoms with Gasteiger partial charge in [0.15, 0.2) is 5.78 Å². The molecule has 17 heavy (non-hydrogen) atoms. The van der Waals surface area contributed by atoms with E-state index in [0.717, 1.165) is 24.0 Å². The van der Waals surface area contributed by atoms with Crippen LogP contribution in [0.15, 0.2) is 6.07 Å². The lowest BCUT2D eigenvalue weighted by Crippen LogP contribution is -2.20. The SMILES string of the molecule is Cc1c2c(cc3c1C(=O)COC3)CC(C)(C)C2. The van der Waals surface area contributed by atoms with E-state index in [1.165, 1.54) is 16.7 Å². The zero-order valence-electron chi connectivity index (χ0n) is 10.7. The summed E-state index contributed by atoms with van der Waals surface area (Å²) in [7, 11) is 0. The van der Waals surface area contributed by atoms with Gasteiger partial charge >= 0.3 is 0 Å². The van der Waals surface area contributed by atoms with Gasteiger partial charge in [-0.05, 0) is 47.4 Å². The second kappa shape index (κ2) is 3.42. The first kappa shape index (κ1) is 11.0. The van der Waals surface area contributed by atoms with Crippen molar-refractivity contribution in [2.24, 2.45) is 5.41 Å². The minimum absolute atomic E-state index is 0.149. The molecule has 0 aromatic heterocycles. The standard InChI is InChI=1S/C15H18O2/c1-9-12-6-15(2,3)5-10(12)4-11-7-17-8-13(16)14(9)11/h4H,5-8H2,1-3H3. The lowest BCUT2D eigenvalue weighted by atomic mass is 9.89. The van der Waals surface area contributed by atoms with Crippen LogP contribution in [-0.4, -0.2) is 12.4 Å². The van der Waals surface area contributed by atoms with E-state index < -0.39 is 0 Å². The number of fused-ring (bicyclic) bond motifs is 2. The number of rotatable bonds is 0. The molecule has 2 heteroatoms. The van der Waals surface area contributed by atoms with Gasteiger partial charge in [0, 0.05) is 5.56 Å². The van der Waals surface area contributed by atoms with Crippen LogP contribution in [0.3, 0.4) is 0 Å². The van der Waals surface area contributed by atoms with Crippen LogP contribution < -0.4 is 0 Å². The van der Waals surface area contributed by atoms with E-state index in [0.29, 0.717) is 12.0 Å². The van der Waals surface area contributed by atoms with Crippen LogP contribution in [-0.2, 0) is 24.2 Å². The zero-order valence-corrected chi connectivity index (χ0v) is 10.7. The summed E-state index contributed by atoms with van der Waals surface area (Å²) in [5.74, 6) is 0.149. The first-order valence-corrected chi connectivity index (χ1v) is 6.23. The average molecular weight is 230 g/mol. The highest BCUT2D eigenvalue weighted by atomic mass is 16.5. The number of benzene rings is 1. The second-order valence-corrected chi connectivity index (χ2v) is 6.11. The molecule has 0 fully saturated rings. The number of ether oxygens (including phenoxy) is 1. The van der Waals surface area contributed by atoms with Crippen LogP contribution in [0.2, 0.25) is 0 Å². The fraction of sp³-hybridized carbons (Fsp3) is 0.533. The van der Waals surface area contributed by atoms with Gasteiger partial charge in [0.25, 0.3) is 0 Å². The fourth-order valence-corrected chi connectivity index (χ4v) is 3.29. The number of Topliss-reactive ketones (excluding diaryl/α,β-unsaturated/α-hetero) is 1. The molecular formula is C15H18O2. The zero-order chi connectivity index (χ0) is 12.2. The van der Waals surface area contributed by atoms with Crippen molar-refractivity contribution < 1.29 is 9.53 Å². The van der Waals surface area contributed by atoms with Crippen molar-refractivity contribution in [2.45, 2.75) is 40.2 Å². The molecule has 0 saturated heterocycles. The number of carbonyl (C=O) groups is 1. The highest BCUT2D eigenvalue weighted by Crippen LogP contribution is 2.40. The summed E-state index contributed by atoms with van der Waals surface area (Å²) in [6.45, 7) is 7.53. The third-order valence-corrected chi connectivity index (χ3v) is 3.98. The van der Waals surface area contributed by atoms with Gasteiger partial charge in [0.1, 0.15) is 6.61 Å². The van der Waals surface area contributed by atoms with Crippen molar-refractivity contribution in [1.29, 1.82) is 0 Å². The van der Waals surface area contributed by atoms with Crippen LogP contribution in [0.5, 0.6) is 0 Å². The van der Waals surface area contributed by atoms with E-state index in [1.807, 2.05) is 0 Å². The molecule has 0 saturated carbocycles. The highest BCUT2D eigenvalue weighted by molar-refractivity contribution is 6.01. The normalized spacial score (nSPS) is 21.2. The van der Waals surface area contributed by atoms with Gasteiger partial charge in [-0.25, -0.2) is 0 Å². The summed E-state index contributed by atoms with van der Waals surface area (Å²) in [4.78, 5) is 11.9. The maximum Gasteiger partial charge on any atom is 0.189 e. The molecule has 1 heterocycles. The molecule has 2 aliphatic rings. The van der Waals surface area contributed by atoms with Gasteiger partial charge in [0.05, 0.1) is 6.61 Å². The van der Waals surface area contributed by atoms with Crippen LogP contribution >= 0.6 is 0 Å². The van der Waals surface area contributed by atoms with E-state index in [-0.39, 0.29) is 12.4 Å². The Bertz CT molecular complexity index is 512. The van der Waals surface area contributed by atoms with Gasteiger partial charge in [-0.2, -0.15) is 0 Å². The van der Waals surface area contributed by atoms with Gasteiger partial charge in [0.2, 0.25) is 0 Å². The Hall–Kier alpha value is -1.15. The van der Waals surface area contributed by atoms with Crippen molar-refractivity contribution in [3.63, 3.8) is 0 Å². The minimum atomic E-state index is 0.149. The molecule has 1 aromatic carbocycles. The molecule has 1 aliphatic heterocycles. The van der Waals surface area contributed by atoms with Crippen LogP contribution in [0, 0.1) is 12.3 Å². The first-order valence-electron chi connectivity index (χ1n) is 6.23. The Morgan fingerprint density at radius 1 is 1.18 bits per heavy atom. The molecule has 0 unspecified atom stereocenters. The van der Waals surface area contributed by atoms with Gasteiger partial charge in [-0.1, -0.05) is 19.9 Å². The molecule has 0 bridgehead atoms. The molecule has 2 nitrogen and oxygen atoms in total. The van der Waals surface area contributed by atoms with Crippen molar-refractivity contribution in [1.82, 2.24) is 0 Å². The lowest BCUT2D eigenvalue weighted by molar-refractivity contribution is 0.0664. The largest absolute Gasteiger partial charge is 0.369 e. The molecule has 0 spiro atoms. The number of ketones is 1. The first-order chi connectivity index (χ1) is 7.98.